The van der Waals surface area contributed by atoms with Crippen LogP contribution in [0.3, 0.4) is 0 Å². The largest absolute Gasteiger partial charge is 0.396 e. The maximum Gasteiger partial charge on any atom is 0.0431 e. The van der Waals surface area contributed by atoms with E-state index in [1.165, 1.54) is 25.8 Å². The maximum absolute atomic E-state index is 8.62. The first kappa shape index (κ1) is 12.0. The molecule has 1 rings (SSSR count). The summed E-state index contributed by atoms with van der Waals surface area (Å²) in [5.41, 5.74) is 0. The molecule has 0 bridgehead atoms. The summed E-state index contributed by atoms with van der Waals surface area (Å²) in [5, 5.41) is 12.1. The molecule has 3 nitrogen and oxygen atoms in total. The standard InChI is InChI=1S/C11H24N2O/c1-13-8-4-2-6-11(13)10-12-7-3-5-9-14/h11-12,14H,2-10H2,1H3. The zero-order valence-corrected chi connectivity index (χ0v) is 9.34. The number of aliphatic hydroxyl groups excluding tert-OH is 1. The minimum Gasteiger partial charge on any atom is -0.396 e. The Hall–Kier alpha value is -0.120. The Bertz CT molecular complexity index is 141. The fraction of sp³-hybridized carbons (Fsp3) is 1.00. The second-order valence-electron chi connectivity index (χ2n) is 4.27. The van der Waals surface area contributed by atoms with Gasteiger partial charge in [0.2, 0.25) is 0 Å². The monoisotopic (exact) mass is 200 g/mol. The van der Waals surface area contributed by atoms with Crippen LogP contribution in [0.2, 0.25) is 0 Å². The molecule has 1 fully saturated rings. The normalized spacial score (nSPS) is 24.0. The third-order valence-corrected chi connectivity index (χ3v) is 3.06. The first-order chi connectivity index (χ1) is 6.84. The Labute approximate surface area is 87.5 Å². The molecule has 1 aliphatic rings. The number of hydrogen-bond donors (Lipinski definition) is 2. The summed E-state index contributed by atoms with van der Waals surface area (Å²) in [6, 6.07) is 0.734. The van der Waals surface area contributed by atoms with E-state index in [0.717, 1.165) is 32.0 Å². The smallest absolute Gasteiger partial charge is 0.0431 e. The first-order valence-electron chi connectivity index (χ1n) is 5.86. The van der Waals surface area contributed by atoms with Crippen LogP contribution in [-0.4, -0.2) is 49.3 Å². The predicted octanol–water partition coefficient (Wildman–Crippen LogP) is 0.833. The van der Waals surface area contributed by atoms with Gasteiger partial charge in [0.25, 0.3) is 0 Å². The van der Waals surface area contributed by atoms with Gasteiger partial charge in [-0.05, 0) is 45.8 Å². The summed E-state index contributed by atoms with van der Waals surface area (Å²) in [7, 11) is 2.22. The number of likely N-dealkylation sites (tertiary alicyclic amines) is 1. The van der Waals surface area contributed by atoms with Crippen LogP contribution in [0, 0.1) is 0 Å². The molecule has 1 atom stereocenters. The SMILES string of the molecule is CN1CCCCC1CNCCCCO. The van der Waals surface area contributed by atoms with E-state index in [1.54, 1.807) is 0 Å². The van der Waals surface area contributed by atoms with E-state index < -0.39 is 0 Å². The minimum absolute atomic E-state index is 0.324. The minimum atomic E-state index is 0.324. The second-order valence-corrected chi connectivity index (χ2v) is 4.27. The summed E-state index contributed by atoms with van der Waals surface area (Å²) in [4.78, 5) is 2.46. The van der Waals surface area contributed by atoms with E-state index in [2.05, 4.69) is 17.3 Å². The van der Waals surface area contributed by atoms with Crippen LogP contribution in [0.1, 0.15) is 32.1 Å². The van der Waals surface area contributed by atoms with Gasteiger partial charge in [-0.3, -0.25) is 0 Å². The van der Waals surface area contributed by atoms with Gasteiger partial charge in [0.15, 0.2) is 0 Å². The third kappa shape index (κ3) is 4.40. The lowest BCUT2D eigenvalue weighted by atomic mass is 10.0. The van der Waals surface area contributed by atoms with Gasteiger partial charge in [-0.25, -0.2) is 0 Å². The highest BCUT2D eigenvalue weighted by Crippen LogP contribution is 2.13. The predicted molar refractivity (Wildman–Crippen MR) is 59.5 cm³/mol. The number of nitrogens with zero attached hydrogens (tertiary/aromatic N) is 1. The lowest BCUT2D eigenvalue weighted by Crippen LogP contribution is -2.43. The lowest BCUT2D eigenvalue weighted by Gasteiger charge is -2.32. The topological polar surface area (TPSA) is 35.5 Å². The second kappa shape index (κ2) is 7.21. The van der Waals surface area contributed by atoms with E-state index in [9.17, 15) is 0 Å². The molecule has 1 unspecified atom stereocenters. The van der Waals surface area contributed by atoms with Crippen LogP contribution >= 0.6 is 0 Å². The molecule has 0 aromatic rings. The molecule has 1 heterocycles. The van der Waals surface area contributed by atoms with E-state index in [0.29, 0.717) is 6.61 Å². The number of piperidine rings is 1. The van der Waals surface area contributed by atoms with Gasteiger partial charge in [-0.15, -0.1) is 0 Å². The quantitative estimate of drug-likeness (QED) is 0.624. The molecule has 1 aliphatic heterocycles. The van der Waals surface area contributed by atoms with Crippen molar-refractivity contribution >= 4 is 0 Å². The van der Waals surface area contributed by atoms with Crippen molar-refractivity contribution in [3.05, 3.63) is 0 Å². The number of unbranched alkanes of at least 4 members (excludes halogenated alkanes) is 1. The fourth-order valence-corrected chi connectivity index (χ4v) is 2.03. The number of rotatable bonds is 6. The molecule has 0 aromatic carbocycles. The zero-order chi connectivity index (χ0) is 10.2. The molecule has 84 valence electrons. The average Bonchev–Trinajstić information content (AvgIpc) is 2.20. The highest BCUT2D eigenvalue weighted by atomic mass is 16.2. The van der Waals surface area contributed by atoms with Crippen molar-refractivity contribution in [2.75, 3.05) is 33.3 Å². The Morgan fingerprint density at radius 1 is 1.36 bits per heavy atom. The van der Waals surface area contributed by atoms with Gasteiger partial charge in [-0.2, -0.15) is 0 Å². The summed E-state index contributed by atoms with van der Waals surface area (Å²) < 4.78 is 0. The Morgan fingerprint density at radius 3 is 2.93 bits per heavy atom. The van der Waals surface area contributed by atoms with Crippen molar-refractivity contribution in [3.63, 3.8) is 0 Å². The molecule has 3 heteroatoms. The third-order valence-electron chi connectivity index (χ3n) is 3.06. The van der Waals surface area contributed by atoms with Gasteiger partial charge in [0.05, 0.1) is 0 Å². The molecule has 1 saturated heterocycles. The first-order valence-corrected chi connectivity index (χ1v) is 5.86. The summed E-state index contributed by atoms with van der Waals surface area (Å²) in [6.45, 7) is 3.74. The molecule has 0 radical (unpaired) electrons. The van der Waals surface area contributed by atoms with Crippen molar-refractivity contribution in [1.29, 1.82) is 0 Å². The number of hydrogen-bond acceptors (Lipinski definition) is 3. The average molecular weight is 200 g/mol. The van der Waals surface area contributed by atoms with Crippen LogP contribution < -0.4 is 5.32 Å². The van der Waals surface area contributed by atoms with Crippen LogP contribution in [-0.2, 0) is 0 Å². The molecule has 2 N–H and O–H groups in total. The van der Waals surface area contributed by atoms with E-state index in [-0.39, 0.29) is 0 Å². The summed E-state index contributed by atoms with van der Waals surface area (Å²) in [6.07, 6.45) is 6.09. The van der Waals surface area contributed by atoms with Gasteiger partial charge >= 0.3 is 0 Å². The molecular formula is C11H24N2O. The van der Waals surface area contributed by atoms with Crippen LogP contribution in [0.15, 0.2) is 0 Å². The lowest BCUT2D eigenvalue weighted by molar-refractivity contribution is 0.181. The Kier molecular flexibility index (Phi) is 6.15. The van der Waals surface area contributed by atoms with Crippen molar-refractivity contribution < 1.29 is 5.11 Å². The van der Waals surface area contributed by atoms with Gasteiger partial charge < -0.3 is 15.3 Å². The van der Waals surface area contributed by atoms with E-state index in [1.807, 2.05) is 0 Å². The van der Waals surface area contributed by atoms with Crippen molar-refractivity contribution in [2.45, 2.75) is 38.1 Å². The number of likely N-dealkylation sites (N-methyl/N-ethyl adjacent to an activating group) is 1. The highest BCUT2D eigenvalue weighted by molar-refractivity contribution is 4.75. The summed E-state index contributed by atoms with van der Waals surface area (Å²) in [5.74, 6) is 0. The molecule has 0 saturated carbocycles. The van der Waals surface area contributed by atoms with Crippen molar-refractivity contribution in [2.24, 2.45) is 0 Å². The molecule has 0 spiro atoms. The maximum atomic E-state index is 8.62. The summed E-state index contributed by atoms with van der Waals surface area (Å²) >= 11 is 0. The molecule has 0 aliphatic carbocycles. The fourth-order valence-electron chi connectivity index (χ4n) is 2.03. The van der Waals surface area contributed by atoms with Crippen molar-refractivity contribution in [3.8, 4) is 0 Å². The van der Waals surface area contributed by atoms with E-state index >= 15 is 0 Å². The van der Waals surface area contributed by atoms with Crippen LogP contribution in [0.25, 0.3) is 0 Å². The zero-order valence-electron chi connectivity index (χ0n) is 9.34. The van der Waals surface area contributed by atoms with Crippen LogP contribution in [0.4, 0.5) is 0 Å². The van der Waals surface area contributed by atoms with Gasteiger partial charge in [0, 0.05) is 19.2 Å². The Balaban J connectivity index is 1.99. The molecular weight excluding hydrogens is 176 g/mol. The number of aliphatic hydroxyl groups is 1. The molecule has 14 heavy (non-hydrogen) atoms. The van der Waals surface area contributed by atoms with E-state index in [4.69, 9.17) is 5.11 Å². The molecule has 0 amide bonds. The number of nitrogens with one attached hydrogen (secondary N) is 1. The highest BCUT2D eigenvalue weighted by Gasteiger charge is 2.17. The molecule has 0 aromatic heterocycles. The van der Waals surface area contributed by atoms with Crippen molar-refractivity contribution in [1.82, 2.24) is 10.2 Å². The van der Waals surface area contributed by atoms with Crippen LogP contribution in [0.5, 0.6) is 0 Å². The van der Waals surface area contributed by atoms with Gasteiger partial charge in [-0.1, -0.05) is 6.42 Å². The van der Waals surface area contributed by atoms with Gasteiger partial charge in [0.1, 0.15) is 0 Å². The Morgan fingerprint density at radius 2 is 2.21 bits per heavy atom.